The van der Waals surface area contributed by atoms with Gasteiger partial charge in [-0.15, -0.1) is 6.58 Å². The third kappa shape index (κ3) is 4.00. The molecule has 0 saturated carbocycles. The van der Waals surface area contributed by atoms with Crippen molar-refractivity contribution in [2.24, 2.45) is 0 Å². The van der Waals surface area contributed by atoms with Gasteiger partial charge in [-0.1, -0.05) is 22.0 Å². The molecule has 0 saturated heterocycles. The fourth-order valence-corrected chi connectivity index (χ4v) is 1.66. The molecule has 1 aromatic carbocycles. The zero-order chi connectivity index (χ0) is 13.5. The molecule has 1 atom stereocenters. The number of carbonyl (C=O) groups is 2. The van der Waals surface area contributed by atoms with Crippen molar-refractivity contribution in [2.75, 3.05) is 6.54 Å². The first-order valence-electron chi connectivity index (χ1n) is 5.38. The first-order valence-corrected chi connectivity index (χ1v) is 6.17. The Bertz CT molecular complexity index is 460. The van der Waals surface area contributed by atoms with Gasteiger partial charge in [0, 0.05) is 11.0 Å². The van der Waals surface area contributed by atoms with Crippen LogP contribution in [0.5, 0.6) is 5.75 Å². The molecule has 1 aromatic rings. The number of benzene rings is 1. The van der Waals surface area contributed by atoms with Crippen molar-refractivity contribution in [3.05, 3.63) is 40.9 Å². The number of amides is 1. The van der Waals surface area contributed by atoms with Gasteiger partial charge >= 0.3 is 0 Å². The summed E-state index contributed by atoms with van der Waals surface area (Å²) >= 11 is 3.26. The highest BCUT2D eigenvalue weighted by Crippen LogP contribution is 2.22. The maximum absolute atomic E-state index is 11.6. The Kier molecular flexibility index (Phi) is 5.58. The highest BCUT2D eigenvalue weighted by atomic mass is 79.9. The monoisotopic (exact) mass is 311 g/mol. The maximum Gasteiger partial charge on any atom is 0.261 e. The number of hydrogen-bond donors (Lipinski definition) is 1. The third-order valence-electron chi connectivity index (χ3n) is 2.19. The lowest BCUT2D eigenvalue weighted by atomic mass is 10.2. The van der Waals surface area contributed by atoms with Crippen LogP contribution in [0.4, 0.5) is 0 Å². The number of hydrogen-bond acceptors (Lipinski definition) is 3. The number of aldehydes is 1. The number of rotatable bonds is 6. The summed E-state index contributed by atoms with van der Waals surface area (Å²) in [6, 6.07) is 5.03. The Morgan fingerprint density at radius 3 is 2.94 bits per heavy atom. The van der Waals surface area contributed by atoms with Gasteiger partial charge in [-0.3, -0.25) is 9.59 Å². The number of nitrogens with one attached hydrogen (secondary N) is 1. The Hall–Kier alpha value is -1.62. The van der Waals surface area contributed by atoms with Gasteiger partial charge in [-0.25, -0.2) is 0 Å². The predicted molar refractivity (Wildman–Crippen MR) is 72.8 cm³/mol. The number of halogens is 1. The second-order valence-electron chi connectivity index (χ2n) is 3.59. The first kappa shape index (κ1) is 14.4. The highest BCUT2D eigenvalue weighted by Gasteiger charge is 2.15. The molecule has 0 aliphatic heterocycles. The van der Waals surface area contributed by atoms with E-state index in [2.05, 4.69) is 27.8 Å². The average molecular weight is 312 g/mol. The summed E-state index contributed by atoms with van der Waals surface area (Å²) in [5.74, 6) is 0.129. The van der Waals surface area contributed by atoms with Crippen LogP contribution in [0.2, 0.25) is 0 Å². The molecule has 18 heavy (non-hydrogen) atoms. The highest BCUT2D eigenvalue weighted by molar-refractivity contribution is 9.10. The van der Waals surface area contributed by atoms with E-state index in [9.17, 15) is 9.59 Å². The second-order valence-corrected chi connectivity index (χ2v) is 4.51. The summed E-state index contributed by atoms with van der Waals surface area (Å²) in [5, 5.41) is 2.62. The second kappa shape index (κ2) is 6.96. The van der Waals surface area contributed by atoms with Crippen molar-refractivity contribution in [3.8, 4) is 5.75 Å². The Labute approximate surface area is 114 Å². The molecule has 1 amide bonds. The van der Waals surface area contributed by atoms with Crippen LogP contribution in [0, 0.1) is 0 Å². The van der Waals surface area contributed by atoms with Gasteiger partial charge in [0.15, 0.2) is 12.4 Å². The van der Waals surface area contributed by atoms with E-state index < -0.39 is 6.10 Å². The molecule has 5 heteroatoms. The third-order valence-corrected chi connectivity index (χ3v) is 2.69. The van der Waals surface area contributed by atoms with E-state index in [1.165, 1.54) is 0 Å². The first-order chi connectivity index (χ1) is 8.58. The summed E-state index contributed by atoms with van der Waals surface area (Å²) in [7, 11) is 0. The van der Waals surface area contributed by atoms with Gasteiger partial charge in [-0.2, -0.15) is 0 Å². The van der Waals surface area contributed by atoms with Crippen LogP contribution in [0.1, 0.15) is 17.3 Å². The summed E-state index contributed by atoms with van der Waals surface area (Å²) in [4.78, 5) is 22.5. The largest absolute Gasteiger partial charge is 0.480 e. The van der Waals surface area contributed by atoms with E-state index in [1.807, 2.05) is 0 Å². The lowest BCUT2D eigenvalue weighted by Crippen LogP contribution is -2.36. The van der Waals surface area contributed by atoms with Crippen molar-refractivity contribution in [2.45, 2.75) is 13.0 Å². The van der Waals surface area contributed by atoms with E-state index in [4.69, 9.17) is 4.74 Å². The summed E-state index contributed by atoms with van der Waals surface area (Å²) in [6.07, 6.45) is 1.60. The molecular weight excluding hydrogens is 298 g/mol. The van der Waals surface area contributed by atoms with Crippen molar-refractivity contribution in [1.29, 1.82) is 0 Å². The molecule has 0 bridgehead atoms. The normalized spacial score (nSPS) is 11.4. The molecule has 1 N–H and O–H groups in total. The van der Waals surface area contributed by atoms with Gasteiger partial charge in [0.25, 0.3) is 5.91 Å². The molecule has 0 heterocycles. The zero-order valence-electron chi connectivity index (χ0n) is 9.98. The molecule has 4 nitrogen and oxygen atoms in total. The lowest BCUT2D eigenvalue weighted by molar-refractivity contribution is -0.127. The molecule has 1 rings (SSSR count). The standard InChI is InChI=1S/C13H14BrNO3/c1-3-6-15-13(17)9(2)18-12-5-4-11(14)7-10(12)8-16/h3-5,7-9H,1,6H2,2H3,(H,15,17). The van der Waals surface area contributed by atoms with Crippen molar-refractivity contribution >= 4 is 28.1 Å². The fraction of sp³-hybridized carbons (Fsp3) is 0.231. The SMILES string of the molecule is C=CCNC(=O)C(C)Oc1ccc(Br)cc1C=O. The molecule has 0 radical (unpaired) electrons. The van der Waals surface area contributed by atoms with Crippen molar-refractivity contribution in [3.63, 3.8) is 0 Å². The molecule has 96 valence electrons. The van der Waals surface area contributed by atoms with E-state index in [0.29, 0.717) is 24.1 Å². The van der Waals surface area contributed by atoms with Gasteiger partial charge in [-0.05, 0) is 25.1 Å². The van der Waals surface area contributed by atoms with Gasteiger partial charge in [0.05, 0.1) is 5.56 Å². The van der Waals surface area contributed by atoms with Crippen LogP contribution in [0.15, 0.2) is 35.3 Å². The molecule has 0 fully saturated rings. The Morgan fingerprint density at radius 1 is 1.61 bits per heavy atom. The summed E-state index contributed by atoms with van der Waals surface area (Å²) < 4.78 is 6.23. The van der Waals surface area contributed by atoms with E-state index in [0.717, 1.165) is 4.47 Å². The van der Waals surface area contributed by atoms with E-state index in [1.54, 1.807) is 31.2 Å². The molecule has 0 aromatic heterocycles. The number of carbonyl (C=O) groups excluding carboxylic acids is 2. The number of ether oxygens (including phenoxy) is 1. The van der Waals surface area contributed by atoms with Crippen LogP contribution >= 0.6 is 15.9 Å². The summed E-state index contributed by atoms with van der Waals surface area (Å²) in [6.45, 7) is 5.51. The van der Waals surface area contributed by atoms with Gasteiger partial charge in [0.1, 0.15) is 5.75 Å². The molecule has 0 spiro atoms. The van der Waals surface area contributed by atoms with Crippen molar-refractivity contribution < 1.29 is 14.3 Å². The molecular formula is C13H14BrNO3. The van der Waals surface area contributed by atoms with Crippen LogP contribution in [0.25, 0.3) is 0 Å². The molecule has 1 unspecified atom stereocenters. The van der Waals surface area contributed by atoms with Crippen LogP contribution in [-0.2, 0) is 4.79 Å². The van der Waals surface area contributed by atoms with E-state index >= 15 is 0 Å². The molecule has 0 aliphatic rings. The fourth-order valence-electron chi connectivity index (χ4n) is 1.28. The summed E-state index contributed by atoms with van der Waals surface area (Å²) in [5.41, 5.74) is 0.396. The van der Waals surface area contributed by atoms with E-state index in [-0.39, 0.29) is 5.91 Å². The topological polar surface area (TPSA) is 55.4 Å². The minimum absolute atomic E-state index is 0.255. The van der Waals surface area contributed by atoms with Crippen LogP contribution < -0.4 is 10.1 Å². The zero-order valence-corrected chi connectivity index (χ0v) is 11.6. The average Bonchev–Trinajstić information content (AvgIpc) is 2.37. The molecule has 0 aliphatic carbocycles. The maximum atomic E-state index is 11.6. The minimum atomic E-state index is -0.676. The van der Waals surface area contributed by atoms with Crippen LogP contribution in [-0.4, -0.2) is 24.8 Å². The van der Waals surface area contributed by atoms with Gasteiger partial charge < -0.3 is 10.1 Å². The smallest absolute Gasteiger partial charge is 0.261 e. The van der Waals surface area contributed by atoms with Crippen LogP contribution in [0.3, 0.4) is 0 Å². The van der Waals surface area contributed by atoms with Gasteiger partial charge in [0.2, 0.25) is 0 Å². The Balaban J connectivity index is 2.74. The quantitative estimate of drug-likeness (QED) is 0.648. The predicted octanol–water partition coefficient (Wildman–Crippen LogP) is 2.33. The minimum Gasteiger partial charge on any atom is -0.480 e. The van der Waals surface area contributed by atoms with Crippen molar-refractivity contribution in [1.82, 2.24) is 5.32 Å². The Morgan fingerprint density at radius 2 is 2.33 bits per heavy atom. The lowest BCUT2D eigenvalue weighted by Gasteiger charge is -2.15.